The summed E-state index contributed by atoms with van der Waals surface area (Å²) in [6.07, 6.45) is 3.17. The molecule has 5 heteroatoms. The Bertz CT molecular complexity index is 408. The van der Waals surface area contributed by atoms with Gasteiger partial charge in [0.15, 0.2) is 0 Å². The molecule has 0 aliphatic carbocycles. The van der Waals surface area contributed by atoms with Gasteiger partial charge >= 0.3 is 0 Å². The van der Waals surface area contributed by atoms with Crippen molar-refractivity contribution in [1.29, 1.82) is 0 Å². The van der Waals surface area contributed by atoms with E-state index >= 15 is 0 Å². The molecule has 0 N–H and O–H groups in total. The average Bonchev–Trinajstić information content (AvgIpc) is 3.09. The highest BCUT2D eigenvalue weighted by Gasteiger charge is 2.30. The lowest BCUT2D eigenvalue weighted by Gasteiger charge is -2.26. The second-order valence-corrected chi connectivity index (χ2v) is 6.17. The van der Waals surface area contributed by atoms with Gasteiger partial charge < -0.3 is 9.64 Å². The summed E-state index contributed by atoms with van der Waals surface area (Å²) in [5.41, 5.74) is 1.29. The van der Waals surface area contributed by atoms with Crippen LogP contribution in [0.1, 0.15) is 30.9 Å². The molecule has 0 spiro atoms. The minimum absolute atomic E-state index is 0.249. The first-order chi connectivity index (χ1) is 9.72. The van der Waals surface area contributed by atoms with Gasteiger partial charge in [-0.25, -0.2) is 0 Å². The number of likely N-dealkylation sites (tertiary alicyclic amines) is 1. The number of thiophene rings is 1. The molecule has 1 aliphatic rings. The van der Waals surface area contributed by atoms with E-state index in [1.807, 2.05) is 7.05 Å². The van der Waals surface area contributed by atoms with Gasteiger partial charge in [-0.1, -0.05) is 0 Å². The number of carbonyl (C=O) groups excluding carboxylic acids is 1. The van der Waals surface area contributed by atoms with Crippen molar-refractivity contribution < 1.29 is 9.53 Å². The number of hydrogen-bond donors (Lipinski definition) is 0. The first-order valence-electron chi connectivity index (χ1n) is 7.21. The smallest absolute Gasteiger partial charge is 0.237 e. The van der Waals surface area contributed by atoms with E-state index in [2.05, 4.69) is 26.6 Å². The van der Waals surface area contributed by atoms with Crippen molar-refractivity contribution in [2.24, 2.45) is 0 Å². The molecule has 4 nitrogen and oxygen atoms in total. The molecule has 0 saturated carbocycles. The summed E-state index contributed by atoms with van der Waals surface area (Å²) < 4.78 is 5.04. The molecule has 2 rings (SSSR count). The van der Waals surface area contributed by atoms with Crippen LogP contribution in [-0.4, -0.2) is 56.1 Å². The Hall–Kier alpha value is -0.910. The fourth-order valence-electron chi connectivity index (χ4n) is 2.76. The number of methoxy groups -OCH3 is 1. The summed E-state index contributed by atoms with van der Waals surface area (Å²) in [6, 6.07) is 2.43. The Kier molecular flexibility index (Phi) is 6.01. The maximum Gasteiger partial charge on any atom is 0.237 e. The molecule has 1 atom stereocenters. The highest BCUT2D eigenvalue weighted by molar-refractivity contribution is 7.07. The zero-order chi connectivity index (χ0) is 14.4. The summed E-state index contributed by atoms with van der Waals surface area (Å²) >= 11 is 1.71. The monoisotopic (exact) mass is 296 g/mol. The normalized spacial score (nSPS) is 18.9. The molecule has 0 radical (unpaired) electrons. The quantitative estimate of drug-likeness (QED) is 0.724. The molecule has 112 valence electrons. The van der Waals surface area contributed by atoms with E-state index in [4.69, 9.17) is 4.74 Å². The summed E-state index contributed by atoms with van der Waals surface area (Å²) in [4.78, 5) is 16.6. The van der Waals surface area contributed by atoms with Crippen LogP contribution < -0.4 is 0 Å². The highest BCUT2D eigenvalue weighted by Crippen LogP contribution is 2.32. The molecule has 1 aromatic heterocycles. The first-order valence-corrected chi connectivity index (χ1v) is 8.15. The maximum absolute atomic E-state index is 12.5. The zero-order valence-corrected chi connectivity index (χ0v) is 13.2. The summed E-state index contributed by atoms with van der Waals surface area (Å²) in [7, 11) is 3.71. The van der Waals surface area contributed by atoms with Crippen LogP contribution in [0.5, 0.6) is 0 Å². The lowest BCUT2D eigenvalue weighted by molar-refractivity contribution is -0.133. The van der Waals surface area contributed by atoms with Gasteiger partial charge in [0.05, 0.1) is 12.6 Å². The third kappa shape index (κ3) is 4.04. The van der Waals surface area contributed by atoms with Crippen molar-refractivity contribution in [2.75, 3.05) is 40.4 Å². The van der Waals surface area contributed by atoms with E-state index in [-0.39, 0.29) is 5.91 Å². The van der Waals surface area contributed by atoms with Crippen molar-refractivity contribution in [3.8, 4) is 0 Å². The standard InChI is InChI=1S/C15H24N2O2S/c1-16(7-4-9-19-2)11-15(18)17-8-3-5-14(17)13-6-10-20-12-13/h6,10,12,14H,3-5,7-9,11H2,1-2H3. The topological polar surface area (TPSA) is 32.8 Å². The van der Waals surface area contributed by atoms with Gasteiger partial charge in [-0.05, 0) is 48.7 Å². The Morgan fingerprint density at radius 1 is 1.60 bits per heavy atom. The average molecular weight is 296 g/mol. The third-order valence-corrected chi connectivity index (χ3v) is 4.50. The Morgan fingerprint density at radius 2 is 2.45 bits per heavy atom. The van der Waals surface area contributed by atoms with Crippen molar-refractivity contribution in [1.82, 2.24) is 9.80 Å². The van der Waals surface area contributed by atoms with Crippen molar-refractivity contribution >= 4 is 17.2 Å². The zero-order valence-electron chi connectivity index (χ0n) is 12.4. The van der Waals surface area contributed by atoms with Crippen molar-refractivity contribution in [2.45, 2.75) is 25.3 Å². The molecular weight excluding hydrogens is 272 g/mol. The summed E-state index contributed by atoms with van der Waals surface area (Å²) in [5, 5.41) is 4.26. The number of nitrogens with zero attached hydrogens (tertiary/aromatic N) is 2. The van der Waals surface area contributed by atoms with Gasteiger partial charge in [-0.15, -0.1) is 0 Å². The Balaban J connectivity index is 1.85. The molecule has 1 fully saturated rings. The third-order valence-electron chi connectivity index (χ3n) is 3.79. The minimum atomic E-state index is 0.249. The van der Waals surface area contributed by atoms with Gasteiger partial charge in [0.1, 0.15) is 0 Å². The number of amides is 1. The maximum atomic E-state index is 12.5. The predicted octanol–water partition coefficient (Wildman–Crippen LogP) is 2.38. The molecule has 0 aromatic carbocycles. The van der Waals surface area contributed by atoms with Crippen LogP contribution in [0.25, 0.3) is 0 Å². The highest BCUT2D eigenvalue weighted by atomic mass is 32.1. The number of rotatable bonds is 7. The lowest BCUT2D eigenvalue weighted by Crippen LogP contribution is -2.39. The van der Waals surface area contributed by atoms with E-state index < -0.39 is 0 Å². The van der Waals surface area contributed by atoms with Crippen molar-refractivity contribution in [3.63, 3.8) is 0 Å². The molecule has 1 saturated heterocycles. The first kappa shape index (κ1) is 15.5. The lowest BCUT2D eigenvalue weighted by atomic mass is 10.1. The van der Waals surface area contributed by atoms with Crippen LogP contribution in [0.2, 0.25) is 0 Å². The number of carbonyl (C=O) groups is 1. The second-order valence-electron chi connectivity index (χ2n) is 5.39. The second kappa shape index (κ2) is 7.76. The van der Waals surface area contributed by atoms with Gasteiger partial charge in [0.25, 0.3) is 0 Å². The van der Waals surface area contributed by atoms with Crippen LogP contribution in [0, 0.1) is 0 Å². The minimum Gasteiger partial charge on any atom is -0.385 e. The van der Waals surface area contributed by atoms with Crippen LogP contribution in [-0.2, 0) is 9.53 Å². The molecular formula is C15H24N2O2S. The van der Waals surface area contributed by atoms with Crippen LogP contribution in [0.15, 0.2) is 16.8 Å². The van der Waals surface area contributed by atoms with E-state index in [0.717, 1.165) is 39.0 Å². The Morgan fingerprint density at radius 3 is 3.15 bits per heavy atom. The molecule has 20 heavy (non-hydrogen) atoms. The number of hydrogen-bond acceptors (Lipinski definition) is 4. The SMILES string of the molecule is COCCCN(C)CC(=O)N1CCCC1c1ccsc1. The predicted molar refractivity (Wildman–Crippen MR) is 82.0 cm³/mol. The summed E-state index contributed by atoms with van der Waals surface area (Å²) in [5.74, 6) is 0.249. The molecule has 1 unspecified atom stereocenters. The molecule has 1 amide bonds. The van der Waals surface area contributed by atoms with Gasteiger partial charge in [-0.2, -0.15) is 11.3 Å². The Labute approximate surface area is 125 Å². The van der Waals surface area contributed by atoms with E-state index in [1.54, 1.807) is 18.4 Å². The van der Waals surface area contributed by atoms with Gasteiger partial charge in [-0.3, -0.25) is 9.69 Å². The number of ether oxygens (including phenoxy) is 1. The van der Waals surface area contributed by atoms with Gasteiger partial charge in [0.2, 0.25) is 5.91 Å². The van der Waals surface area contributed by atoms with Crippen LogP contribution in [0.4, 0.5) is 0 Å². The van der Waals surface area contributed by atoms with E-state index in [9.17, 15) is 4.79 Å². The number of likely N-dealkylation sites (N-methyl/N-ethyl adjacent to an activating group) is 1. The molecule has 1 aliphatic heterocycles. The van der Waals surface area contributed by atoms with Gasteiger partial charge in [0, 0.05) is 26.8 Å². The fraction of sp³-hybridized carbons (Fsp3) is 0.667. The summed E-state index contributed by atoms with van der Waals surface area (Å²) in [6.45, 7) is 3.05. The van der Waals surface area contributed by atoms with Crippen molar-refractivity contribution in [3.05, 3.63) is 22.4 Å². The molecule has 0 bridgehead atoms. The van der Waals surface area contributed by atoms with Crippen LogP contribution in [0.3, 0.4) is 0 Å². The molecule has 1 aromatic rings. The molecule has 2 heterocycles. The van der Waals surface area contributed by atoms with E-state index in [1.165, 1.54) is 5.56 Å². The van der Waals surface area contributed by atoms with Crippen LogP contribution >= 0.6 is 11.3 Å². The van der Waals surface area contributed by atoms with E-state index in [0.29, 0.717) is 12.6 Å². The fourth-order valence-corrected chi connectivity index (χ4v) is 3.46. The largest absolute Gasteiger partial charge is 0.385 e.